The van der Waals surface area contributed by atoms with Gasteiger partial charge in [-0.05, 0) is 36.2 Å². The lowest BCUT2D eigenvalue weighted by molar-refractivity contribution is -0.127. The molecule has 3 rings (SSSR count). The van der Waals surface area contributed by atoms with Gasteiger partial charge in [-0.25, -0.2) is 0 Å². The average Bonchev–Trinajstić information content (AvgIpc) is 2.53. The van der Waals surface area contributed by atoms with Crippen LogP contribution in [0, 0.1) is 6.92 Å². The number of fused-ring (bicyclic) bond motifs is 1. The molecule has 2 aromatic rings. The van der Waals surface area contributed by atoms with E-state index in [4.69, 9.17) is 4.74 Å². The van der Waals surface area contributed by atoms with Gasteiger partial charge in [0, 0.05) is 18.9 Å². The van der Waals surface area contributed by atoms with Gasteiger partial charge < -0.3 is 15.4 Å². The first kappa shape index (κ1) is 13.4. The molecule has 1 amide bonds. The van der Waals surface area contributed by atoms with Crippen LogP contribution in [0.3, 0.4) is 0 Å². The lowest BCUT2D eigenvalue weighted by atomic mass is 10.1. The number of ether oxygens (including phenoxy) is 1. The number of amides is 1. The largest absolute Gasteiger partial charge is 0.477 e. The Kier molecular flexibility index (Phi) is 3.73. The third kappa shape index (κ3) is 2.97. The first-order chi connectivity index (χ1) is 10.2. The van der Waals surface area contributed by atoms with Crippen molar-refractivity contribution in [3.63, 3.8) is 0 Å². The van der Waals surface area contributed by atoms with Crippen molar-refractivity contribution in [3.05, 3.63) is 53.9 Å². The number of carbonyl (C=O) groups excluding carboxylic acids is 1. The van der Waals surface area contributed by atoms with E-state index in [9.17, 15) is 4.79 Å². The second-order valence-corrected chi connectivity index (χ2v) is 5.00. The highest BCUT2D eigenvalue weighted by Crippen LogP contribution is 2.28. The molecule has 1 aromatic heterocycles. The van der Waals surface area contributed by atoms with Gasteiger partial charge in [-0.15, -0.1) is 0 Å². The van der Waals surface area contributed by atoms with Crippen LogP contribution in [-0.4, -0.2) is 23.5 Å². The number of nitrogens with one attached hydrogen (secondary N) is 2. The van der Waals surface area contributed by atoms with Crippen molar-refractivity contribution in [1.29, 1.82) is 0 Å². The molecule has 1 aromatic carbocycles. The van der Waals surface area contributed by atoms with E-state index in [1.165, 1.54) is 0 Å². The molecule has 0 saturated carbocycles. The predicted molar refractivity (Wildman–Crippen MR) is 80.2 cm³/mol. The van der Waals surface area contributed by atoms with Crippen LogP contribution < -0.4 is 15.4 Å². The van der Waals surface area contributed by atoms with Gasteiger partial charge >= 0.3 is 0 Å². The van der Waals surface area contributed by atoms with Crippen molar-refractivity contribution in [2.45, 2.75) is 19.6 Å². The maximum atomic E-state index is 12.2. The quantitative estimate of drug-likeness (QED) is 0.903. The molecule has 2 N–H and O–H groups in total. The van der Waals surface area contributed by atoms with Crippen molar-refractivity contribution >= 4 is 11.6 Å². The number of pyridine rings is 1. The van der Waals surface area contributed by atoms with E-state index < -0.39 is 6.10 Å². The van der Waals surface area contributed by atoms with E-state index in [-0.39, 0.29) is 5.91 Å². The van der Waals surface area contributed by atoms with Crippen molar-refractivity contribution in [2.24, 2.45) is 0 Å². The Morgan fingerprint density at radius 2 is 2.29 bits per heavy atom. The number of rotatable bonds is 3. The average molecular weight is 283 g/mol. The zero-order valence-electron chi connectivity index (χ0n) is 11.8. The Labute approximate surface area is 123 Å². The van der Waals surface area contributed by atoms with E-state index >= 15 is 0 Å². The van der Waals surface area contributed by atoms with E-state index in [2.05, 4.69) is 15.6 Å². The lowest BCUT2D eigenvalue weighted by Crippen LogP contribution is -2.44. The Hall–Kier alpha value is -2.56. The summed E-state index contributed by atoms with van der Waals surface area (Å²) in [6.07, 6.45) is 2.99. The molecule has 1 aliphatic rings. The molecule has 0 saturated heterocycles. The van der Waals surface area contributed by atoms with Crippen LogP contribution in [0.5, 0.6) is 5.75 Å². The highest BCUT2D eigenvalue weighted by atomic mass is 16.5. The van der Waals surface area contributed by atoms with Crippen molar-refractivity contribution < 1.29 is 9.53 Å². The molecule has 0 spiro atoms. The molecule has 0 aliphatic carbocycles. The number of hydrogen-bond acceptors (Lipinski definition) is 4. The van der Waals surface area contributed by atoms with Gasteiger partial charge in [0.05, 0.1) is 12.2 Å². The summed E-state index contributed by atoms with van der Waals surface area (Å²) >= 11 is 0. The van der Waals surface area contributed by atoms with Crippen LogP contribution in [0.15, 0.2) is 42.7 Å². The molecule has 21 heavy (non-hydrogen) atoms. The number of nitrogens with zero attached hydrogens (tertiary/aromatic N) is 1. The summed E-state index contributed by atoms with van der Waals surface area (Å²) in [5, 5.41) is 6.10. The summed E-state index contributed by atoms with van der Waals surface area (Å²) in [5.74, 6) is 0.585. The molecule has 0 bridgehead atoms. The summed E-state index contributed by atoms with van der Waals surface area (Å²) in [7, 11) is 0. The van der Waals surface area contributed by atoms with Crippen molar-refractivity contribution in [1.82, 2.24) is 10.3 Å². The van der Waals surface area contributed by atoms with Gasteiger partial charge in [0.25, 0.3) is 5.91 Å². The standard InChI is InChI=1S/C16H17N3O2/c1-11-6-7-17-8-12(11)9-19-16(20)15-10-18-13-4-2-3-5-14(13)21-15/h2-8,15,18H,9-10H2,1H3,(H,19,20). The van der Waals surface area contributed by atoms with E-state index in [1.54, 1.807) is 12.4 Å². The second-order valence-electron chi connectivity index (χ2n) is 5.00. The van der Waals surface area contributed by atoms with Crippen molar-refractivity contribution in [3.8, 4) is 5.75 Å². The number of anilines is 1. The number of carbonyl (C=O) groups is 1. The normalized spacial score (nSPS) is 16.3. The SMILES string of the molecule is Cc1ccncc1CNC(=O)C1CNc2ccccc2O1. The second kappa shape index (κ2) is 5.83. The van der Waals surface area contributed by atoms with Crippen molar-refractivity contribution in [2.75, 3.05) is 11.9 Å². The minimum absolute atomic E-state index is 0.125. The molecule has 1 aliphatic heterocycles. The van der Waals surface area contributed by atoms with E-state index in [0.29, 0.717) is 18.8 Å². The number of aromatic nitrogens is 1. The molecule has 1 atom stereocenters. The summed E-state index contributed by atoms with van der Waals surface area (Å²) < 4.78 is 5.72. The van der Waals surface area contributed by atoms with Crippen LogP contribution in [0.2, 0.25) is 0 Å². The van der Waals surface area contributed by atoms with Crippen LogP contribution in [-0.2, 0) is 11.3 Å². The third-order valence-corrected chi connectivity index (χ3v) is 3.53. The molecule has 0 radical (unpaired) electrons. The fourth-order valence-electron chi connectivity index (χ4n) is 2.24. The minimum atomic E-state index is -0.517. The number of hydrogen-bond donors (Lipinski definition) is 2. The zero-order valence-corrected chi connectivity index (χ0v) is 11.8. The predicted octanol–water partition coefficient (Wildman–Crippen LogP) is 1.88. The first-order valence-corrected chi connectivity index (χ1v) is 6.91. The monoisotopic (exact) mass is 283 g/mol. The van der Waals surface area contributed by atoms with Crippen LogP contribution >= 0.6 is 0 Å². The lowest BCUT2D eigenvalue weighted by Gasteiger charge is -2.26. The fraction of sp³-hybridized carbons (Fsp3) is 0.250. The molecule has 5 nitrogen and oxygen atoms in total. The van der Waals surface area contributed by atoms with Gasteiger partial charge in [-0.1, -0.05) is 12.1 Å². The summed E-state index contributed by atoms with van der Waals surface area (Å²) in [4.78, 5) is 16.3. The Morgan fingerprint density at radius 3 is 3.14 bits per heavy atom. The van der Waals surface area contributed by atoms with Gasteiger partial charge in [0.15, 0.2) is 6.10 Å². The molecule has 5 heteroatoms. The minimum Gasteiger partial charge on any atom is -0.477 e. The Bertz CT molecular complexity index is 657. The van der Waals surface area contributed by atoms with Gasteiger partial charge in [-0.2, -0.15) is 0 Å². The fourth-order valence-corrected chi connectivity index (χ4v) is 2.24. The molecule has 0 fully saturated rings. The highest BCUT2D eigenvalue weighted by Gasteiger charge is 2.25. The number of benzene rings is 1. The van der Waals surface area contributed by atoms with Crippen LogP contribution in [0.4, 0.5) is 5.69 Å². The smallest absolute Gasteiger partial charge is 0.263 e. The molecular weight excluding hydrogens is 266 g/mol. The van der Waals surface area contributed by atoms with Gasteiger partial charge in [-0.3, -0.25) is 9.78 Å². The third-order valence-electron chi connectivity index (χ3n) is 3.53. The molecule has 108 valence electrons. The summed E-state index contributed by atoms with van der Waals surface area (Å²) in [6, 6.07) is 9.53. The topological polar surface area (TPSA) is 63.2 Å². The Balaban J connectivity index is 1.61. The summed E-state index contributed by atoms with van der Waals surface area (Å²) in [6.45, 7) is 2.92. The molecule has 1 unspecified atom stereocenters. The van der Waals surface area contributed by atoms with E-state index in [1.807, 2.05) is 37.3 Å². The number of aryl methyl sites for hydroxylation is 1. The first-order valence-electron chi connectivity index (χ1n) is 6.91. The van der Waals surface area contributed by atoms with Gasteiger partial charge in [0.2, 0.25) is 0 Å². The molecule has 2 heterocycles. The maximum Gasteiger partial charge on any atom is 0.263 e. The molecular formula is C16H17N3O2. The zero-order chi connectivity index (χ0) is 14.7. The van der Waals surface area contributed by atoms with E-state index in [0.717, 1.165) is 16.8 Å². The van der Waals surface area contributed by atoms with Crippen LogP contribution in [0.25, 0.3) is 0 Å². The number of para-hydroxylation sites is 2. The highest BCUT2D eigenvalue weighted by molar-refractivity contribution is 5.83. The van der Waals surface area contributed by atoms with Crippen LogP contribution in [0.1, 0.15) is 11.1 Å². The Morgan fingerprint density at radius 1 is 1.43 bits per heavy atom. The van der Waals surface area contributed by atoms with Gasteiger partial charge in [0.1, 0.15) is 5.75 Å². The summed E-state index contributed by atoms with van der Waals surface area (Å²) in [5.41, 5.74) is 3.04. The maximum absolute atomic E-state index is 12.2.